The maximum absolute atomic E-state index is 5.86. The molecule has 0 radical (unpaired) electrons. The first-order valence-electron chi connectivity index (χ1n) is 10.9. The minimum atomic E-state index is 0.315. The van der Waals surface area contributed by atoms with Crippen LogP contribution in [-0.4, -0.2) is 54.1 Å². The molecule has 1 aliphatic heterocycles. The molecule has 1 aromatic carbocycles. The highest BCUT2D eigenvalue weighted by Gasteiger charge is 2.15. The maximum atomic E-state index is 5.86. The summed E-state index contributed by atoms with van der Waals surface area (Å²) >= 11 is 0. The molecule has 8 heteroatoms. The number of ether oxygens (including phenoxy) is 2. The average molecular weight is 433 g/mol. The molecule has 0 amide bonds. The smallest absolute Gasteiger partial charge is 0.320 e. The van der Waals surface area contributed by atoms with Crippen LogP contribution in [0, 0.1) is 0 Å². The van der Waals surface area contributed by atoms with E-state index in [4.69, 9.17) is 9.47 Å². The van der Waals surface area contributed by atoms with E-state index in [0.717, 1.165) is 36.6 Å². The summed E-state index contributed by atoms with van der Waals surface area (Å²) in [5.41, 5.74) is 6.30. The highest BCUT2D eigenvalue weighted by Crippen LogP contribution is 2.21. The van der Waals surface area contributed by atoms with E-state index in [1.807, 2.05) is 36.4 Å². The molecule has 3 heterocycles. The Kier molecular flexibility index (Phi) is 7.60. The fourth-order valence-electron chi connectivity index (χ4n) is 3.35. The number of hydrogen-bond acceptors (Lipinski definition) is 8. The van der Waals surface area contributed by atoms with Crippen LogP contribution < -0.4 is 15.1 Å². The quantitative estimate of drug-likeness (QED) is 0.410. The van der Waals surface area contributed by atoms with Crippen LogP contribution in [0.3, 0.4) is 0 Å². The molecule has 0 bridgehead atoms. The molecule has 0 atom stereocenters. The zero-order valence-electron chi connectivity index (χ0n) is 18.3. The van der Waals surface area contributed by atoms with Gasteiger partial charge in [0.25, 0.3) is 0 Å². The van der Waals surface area contributed by atoms with Gasteiger partial charge in [0.2, 0.25) is 0 Å². The van der Waals surface area contributed by atoms with Gasteiger partial charge in [0.15, 0.2) is 5.82 Å². The lowest BCUT2D eigenvalue weighted by molar-refractivity contribution is 0.122. The second-order valence-corrected chi connectivity index (χ2v) is 7.38. The zero-order valence-corrected chi connectivity index (χ0v) is 18.3. The minimum Gasteiger partial charge on any atom is -0.463 e. The molecule has 0 spiro atoms. The summed E-state index contributed by atoms with van der Waals surface area (Å²) in [5.74, 6) is 1.37. The number of hydrazone groups is 1. The van der Waals surface area contributed by atoms with Gasteiger partial charge in [-0.2, -0.15) is 15.1 Å². The largest absolute Gasteiger partial charge is 0.463 e. The SMILES string of the molecule is CCc1cccc(C=NNc2cc(N3CCOCC3)nc(OCCc3ccccn3)n2)c1. The third-order valence-electron chi connectivity index (χ3n) is 5.09. The van der Waals surface area contributed by atoms with E-state index in [2.05, 4.69) is 49.4 Å². The first-order chi connectivity index (χ1) is 15.8. The van der Waals surface area contributed by atoms with Crippen molar-refractivity contribution in [3.8, 4) is 6.01 Å². The van der Waals surface area contributed by atoms with Gasteiger partial charge in [0.1, 0.15) is 5.82 Å². The average Bonchev–Trinajstić information content (AvgIpc) is 2.85. The van der Waals surface area contributed by atoms with Crippen LogP contribution in [0.4, 0.5) is 11.6 Å². The Bertz CT molecular complexity index is 1020. The van der Waals surface area contributed by atoms with Crippen molar-refractivity contribution in [2.75, 3.05) is 43.2 Å². The number of aromatic nitrogens is 3. The van der Waals surface area contributed by atoms with E-state index < -0.39 is 0 Å². The highest BCUT2D eigenvalue weighted by molar-refractivity contribution is 5.80. The monoisotopic (exact) mass is 432 g/mol. The van der Waals surface area contributed by atoms with Crippen molar-refractivity contribution < 1.29 is 9.47 Å². The molecule has 2 aromatic heterocycles. The fourth-order valence-corrected chi connectivity index (χ4v) is 3.35. The Morgan fingerprint density at radius 3 is 2.84 bits per heavy atom. The van der Waals surface area contributed by atoms with Crippen molar-refractivity contribution in [3.63, 3.8) is 0 Å². The molecule has 1 N–H and O–H groups in total. The Balaban J connectivity index is 1.46. The molecular weight excluding hydrogens is 404 g/mol. The number of rotatable bonds is 9. The summed E-state index contributed by atoms with van der Waals surface area (Å²) in [6, 6.07) is 16.3. The summed E-state index contributed by atoms with van der Waals surface area (Å²) in [6.45, 7) is 5.48. The van der Waals surface area contributed by atoms with Gasteiger partial charge in [-0.3, -0.25) is 10.4 Å². The summed E-state index contributed by atoms with van der Waals surface area (Å²) in [5, 5.41) is 4.37. The normalized spacial score (nSPS) is 14.0. The number of hydrogen-bond donors (Lipinski definition) is 1. The highest BCUT2D eigenvalue weighted by atomic mass is 16.5. The van der Waals surface area contributed by atoms with E-state index in [0.29, 0.717) is 38.1 Å². The van der Waals surface area contributed by atoms with Gasteiger partial charge in [-0.05, 0) is 29.7 Å². The molecule has 1 saturated heterocycles. The van der Waals surface area contributed by atoms with Crippen molar-refractivity contribution in [3.05, 3.63) is 71.5 Å². The van der Waals surface area contributed by atoms with E-state index in [1.165, 1.54) is 5.56 Å². The van der Waals surface area contributed by atoms with Gasteiger partial charge in [-0.25, -0.2) is 0 Å². The Hall–Kier alpha value is -3.52. The molecule has 0 saturated carbocycles. The topological polar surface area (TPSA) is 84.8 Å². The minimum absolute atomic E-state index is 0.315. The lowest BCUT2D eigenvalue weighted by Gasteiger charge is -2.28. The van der Waals surface area contributed by atoms with Crippen LogP contribution >= 0.6 is 0 Å². The third-order valence-corrected chi connectivity index (χ3v) is 5.09. The predicted octanol–water partition coefficient (Wildman–Crippen LogP) is 3.34. The van der Waals surface area contributed by atoms with Crippen molar-refractivity contribution in [1.82, 2.24) is 15.0 Å². The molecule has 0 unspecified atom stereocenters. The summed E-state index contributed by atoms with van der Waals surface area (Å²) in [6.07, 6.45) is 5.24. The number of nitrogens with one attached hydrogen (secondary N) is 1. The number of benzene rings is 1. The molecule has 1 fully saturated rings. The number of pyridine rings is 1. The molecule has 4 rings (SSSR count). The van der Waals surface area contributed by atoms with Gasteiger partial charge < -0.3 is 14.4 Å². The van der Waals surface area contributed by atoms with Gasteiger partial charge in [0, 0.05) is 37.5 Å². The summed E-state index contributed by atoms with van der Waals surface area (Å²) < 4.78 is 11.3. The fraction of sp³-hybridized carbons (Fsp3) is 0.333. The van der Waals surface area contributed by atoms with Gasteiger partial charge in [-0.15, -0.1) is 0 Å². The van der Waals surface area contributed by atoms with Crippen molar-refractivity contribution in [2.24, 2.45) is 5.10 Å². The standard InChI is InChI=1S/C24H28N6O2/c1-2-19-6-5-7-20(16-19)18-26-29-22-17-23(30-11-14-31-15-12-30)28-24(27-22)32-13-9-21-8-3-4-10-25-21/h3-8,10,16-18H,2,9,11-15H2,1H3,(H,27,28,29). The lowest BCUT2D eigenvalue weighted by Crippen LogP contribution is -2.36. The number of morpholine rings is 1. The van der Waals surface area contributed by atoms with Crippen LogP contribution in [0.5, 0.6) is 6.01 Å². The molecule has 32 heavy (non-hydrogen) atoms. The van der Waals surface area contributed by atoms with Gasteiger partial charge in [-0.1, -0.05) is 37.3 Å². The van der Waals surface area contributed by atoms with Gasteiger partial charge in [0.05, 0.1) is 26.0 Å². The van der Waals surface area contributed by atoms with E-state index in [1.54, 1.807) is 12.4 Å². The second kappa shape index (κ2) is 11.2. The molecule has 3 aromatic rings. The third kappa shape index (κ3) is 6.24. The van der Waals surface area contributed by atoms with E-state index in [-0.39, 0.29) is 0 Å². The maximum Gasteiger partial charge on any atom is 0.320 e. The molecular formula is C24H28N6O2. The lowest BCUT2D eigenvalue weighted by atomic mass is 10.1. The Morgan fingerprint density at radius 1 is 1.12 bits per heavy atom. The first kappa shape index (κ1) is 21.7. The Labute approximate surface area is 188 Å². The van der Waals surface area contributed by atoms with Crippen molar-refractivity contribution in [1.29, 1.82) is 0 Å². The van der Waals surface area contributed by atoms with Crippen LogP contribution in [0.15, 0.2) is 59.8 Å². The molecule has 0 aliphatic carbocycles. The van der Waals surface area contributed by atoms with Crippen molar-refractivity contribution in [2.45, 2.75) is 19.8 Å². The van der Waals surface area contributed by atoms with E-state index >= 15 is 0 Å². The second-order valence-electron chi connectivity index (χ2n) is 7.38. The van der Waals surface area contributed by atoms with Crippen LogP contribution in [0.25, 0.3) is 0 Å². The summed E-state index contributed by atoms with van der Waals surface area (Å²) in [7, 11) is 0. The molecule has 1 aliphatic rings. The van der Waals surface area contributed by atoms with Crippen molar-refractivity contribution >= 4 is 17.9 Å². The zero-order chi connectivity index (χ0) is 22.0. The van der Waals surface area contributed by atoms with E-state index in [9.17, 15) is 0 Å². The van der Waals surface area contributed by atoms with Crippen LogP contribution in [0.2, 0.25) is 0 Å². The number of nitrogens with zero attached hydrogens (tertiary/aromatic N) is 5. The first-order valence-corrected chi connectivity index (χ1v) is 10.9. The van der Waals surface area contributed by atoms with Gasteiger partial charge >= 0.3 is 6.01 Å². The van der Waals surface area contributed by atoms with Crippen LogP contribution in [-0.2, 0) is 17.6 Å². The molecule has 166 valence electrons. The summed E-state index contributed by atoms with van der Waals surface area (Å²) in [4.78, 5) is 15.6. The van der Waals surface area contributed by atoms with Crippen LogP contribution in [0.1, 0.15) is 23.7 Å². The number of anilines is 2. The Morgan fingerprint density at radius 2 is 2.03 bits per heavy atom. The number of aryl methyl sites for hydroxylation is 1. The molecule has 8 nitrogen and oxygen atoms in total. The predicted molar refractivity (Wildman–Crippen MR) is 126 cm³/mol.